The summed E-state index contributed by atoms with van der Waals surface area (Å²) in [6.07, 6.45) is 0. The Labute approximate surface area is 333 Å². The minimum absolute atomic E-state index is 0.614. The number of hydrogen-bond donors (Lipinski definition) is 0. The molecule has 12 aromatic rings. The van der Waals surface area contributed by atoms with Crippen LogP contribution in [0, 0.1) is 6.57 Å². The van der Waals surface area contributed by atoms with Crippen LogP contribution in [0.3, 0.4) is 0 Å². The van der Waals surface area contributed by atoms with E-state index in [2.05, 4.69) is 172 Å². The molecule has 0 fully saturated rings. The van der Waals surface area contributed by atoms with E-state index in [-0.39, 0.29) is 0 Å². The van der Waals surface area contributed by atoms with Crippen molar-refractivity contribution in [3.8, 4) is 34.0 Å². The van der Waals surface area contributed by atoms with Gasteiger partial charge in [-0.15, -0.1) is 0 Å². The summed E-state index contributed by atoms with van der Waals surface area (Å²) in [5.74, 6) is 1.43. The molecule has 0 N–H and O–H groups in total. The minimum atomic E-state index is 0.614. The first-order chi connectivity index (χ1) is 28.7. The standard InChI is InChI=1S/C53H31N5/c1-54-46-29-28-43(38-17-7-8-18-39(38)46)52-55-51-37-16-6-5-13-33(37)23-27-44(51)53(56-52)58-48-22-12-9-19-40(48)42-26-24-35(32-50(42)58)34-25-30-49-45(31-34)41-20-10-11-21-47(41)57(49)36-14-3-2-4-15-36/h2-32H. The molecule has 0 saturated heterocycles. The maximum absolute atomic E-state index is 7.86. The van der Waals surface area contributed by atoms with Crippen molar-refractivity contribution in [1.82, 2.24) is 19.1 Å². The normalized spacial score (nSPS) is 11.8. The summed E-state index contributed by atoms with van der Waals surface area (Å²) in [7, 11) is 0. The van der Waals surface area contributed by atoms with Gasteiger partial charge in [0.2, 0.25) is 0 Å². The molecule has 0 saturated carbocycles. The highest BCUT2D eigenvalue weighted by Gasteiger charge is 2.21. The molecule has 0 aliphatic carbocycles. The summed E-state index contributed by atoms with van der Waals surface area (Å²) < 4.78 is 4.68. The highest BCUT2D eigenvalue weighted by Crippen LogP contribution is 2.41. The van der Waals surface area contributed by atoms with Crippen LogP contribution in [0.15, 0.2) is 188 Å². The van der Waals surface area contributed by atoms with Crippen LogP contribution in [0.4, 0.5) is 5.69 Å². The van der Waals surface area contributed by atoms with Crippen molar-refractivity contribution in [3.63, 3.8) is 0 Å². The van der Waals surface area contributed by atoms with Gasteiger partial charge in [0.15, 0.2) is 11.5 Å². The molecule has 0 aliphatic heterocycles. The van der Waals surface area contributed by atoms with Crippen LogP contribution in [0.2, 0.25) is 0 Å². The zero-order valence-corrected chi connectivity index (χ0v) is 31.1. The van der Waals surface area contributed by atoms with Crippen LogP contribution < -0.4 is 0 Å². The first kappa shape index (κ1) is 32.2. The Morgan fingerprint density at radius 2 is 1.00 bits per heavy atom. The Hall–Kier alpha value is -8.07. The molecular formula is C53H31N5. The topological polar surface area (TPSA) is 40.0 Å². The van der Waals surface area contributed by atoms with E-state index in [4.69, 9.17) is 16.5 Å². The first-order valence-corrected chi connectivity index (χ1v) is 19.5. The number of rotatable bonds is 4. The smallest absolute Gasteiger partial charge is 0.194 e. The number of hydrogen-bond acceptors (Lipinski definition) is 2. The SMILES string of the molecule is [C-]#[N+]c1ccc(-c2nc(-n3c4ccccc4c4ccc(-c5ccc6c(c5)c5ccccc5n6-c5ccccc5)cc43)c3ccc4ccccc4c3n2)c2ccccc12. The molecule has 12 rings (SSSR count). The molecule has 0 spiro atoms. The van der Waals surface area contributed by atoms with E-state index in [0.29, 0.717) is 11.5 Å². The predicted octanol–water partition coefficient (Wildman–Crippen LogP) is 14.0. The number of fused-ring (bicyclic) bond motifs is 10. The second kappa shape index (κ2) is 12.5. The van der Waals surface area contributed by atoms with Gasteiger partial charge in [0.1, 0.15) is 5.82 Å². The number of para-hydroxylation sites is 3. The third-order valence-corrected chi connectivity index (χ3v) is 11.7. The molecule has 0 bridgehead atoms. The lowest BCUT2D eigenvalue weighted by Crippen LogP contribution is -2.03. The Balaban J connectivity index is 1.14. The molecule has 0 atom stereocenters. The van der Waals surface area contributed by atoms with Gasteiger partial charge >= 0.3 is 0 Å². The van der Waals surface area contributed by atoms with Crippen molar-refractivity contribution in [2.45, 2.75) is 0 Å². The van der Waals surface area contributed by atoms with Crippen LogP contribution in [0.5, 0.6) is 0 Å². The summed E-state index contributed by atoms with van der Waals surface area (Å²) in [5.41, 5.74) is 10.3. The Bertz CT molecular complexity index is 3700. The summed E-state index contributed by atoms with van der Waals surface area (Å²) in [5, 5.41) is 9.75. The van der Waals surface area contributed by atoms with Gasteiger partial charge in [-0.1, -0.05) is 140 Å². The van der Waals surface area contributed by atoms with Crippen molar-refractivity contribution >= 4 is 81.7 Å². The molecule has 5 nitrogen and oxygen atoms in total. The van der Waals surface area contributed by atoms with Gasteiger partial charge in [-0.3, -0.25) is 4.57 Å². The van der Waals surface area contributed by atoms with Crippen molar-refractivity contribution < 1.29 is 0 Å². The molecule has 0 radical (unpaired) electrons. The van der Waals surface area contributed by atoms with Crippen molar-refractivity contribution in [1.29, 1.82) is 0 Å². The summed E-state index contributed by atoms with van der Waals surface area (Å²) >= 11 is 0. The van der Waals surface area contributed by atoms with Gasteiger partial charge in [0, 0.05) is 43.6 Å². The van der Waals surface area contributed by atoms with Gasteiger partial charge in [-0.25, -0.2) is 14.8 Å². The van der Waals surface area contributed by atoms with E-state index in [9.17, 15) is 0 Å². The van der Waals surface area contributed by atoms with Crippen molar-refractivity contribution in [2.24, 2.45) is 0 Å². The summed E-state index contributed by atoms with van der Waals surface area (Å²) in [6.45, 7) is 7.86. The number of aromatic nitrogens is 4. The fraction of sp³-hybridized carbons (Fsp3) is 0. The molecule has 3 heterocycles. The monoisotopic (exact) mass is 737 g/mol. The lowest BCUT2D eigenvalue weighted by Gasteiger charge is -2.15. The van der Waals surface area contributed by atoms with Gasteiger partial charge in [0.25, 0.3) is 0 Å². The van der Waals surface area contributed by atoms with E-state index < -0.39 is 0 Å². The molecule has 9 aromatic carbocycles. The first-order valence-electron chi connectivity index (χ1n) is 19.5. The lowest BCUT2D eigenvalue weighted by molar-refractivity contribution is 1.08. The maximum Gasteiger partial charge on any atom is 0.194 e. The molecule has 3 aromatic heterocycles. The Morgan fingerprint density at radius 3 is 1.81 bits per heavy atom. The zero-order chi connectivity index (χ0) is 38.3. The maximum atomic E-state index is 7.86. The van der Waals surface area contributed by atoms with Crippen LogP contribution in [0.25, 0.3) is 115 Å². The molecule has 0 aliphatic rings. The largest absolute Gasteiger partial charge is 0.309 e. The van der Waals surface area contributed by atoms with E-state index in [1.54, 1.807) is 0 Å². The van der Waals surface area contributed by atoms with Crippen LogP contribution in [-0.4, -0.2) is 19.1 Å². The van der Waals surface area contributed by atoms with Crippen LogP contribution in [0.1, 0.15) is 0 Å². The fourth-order valence-corrected chi connectivity index (χ4v) is 9.10. The second-order valence-corrected chi connectivity index (χ2v) is 14.8. The van der Waals surface area contributed by atoms with Gasteiger partial charge in [-0.2, -0.15) is 0 Å². The molecule has 0 unspecified atom stereocenters. The molecule has 0 amide bonds. The molecule has 5 heteroatoms. The van der Waals surface area contributed by atoms with E-state index >= 15 is 0 Å². The third kappa shape index (κ3) is 4.70. The van der Waals surface area contributed by atoms with Gasteiger partial charge in [-0.05, 0) is 75.8 Å². The average Bonchev–Trinajstić information content (AvgIpc) is 3.80. The molecule has 268 valence electrons. The highest BCUT2D eigenvalue weighted by molar-refractivity contribution is 6.15. The Kier molecular flexibility index (Phi) is 6.92. The quantitative estimate of drug-likeness (QED) is 0.133. The van der Waals surface area contributed by atoms with Crippen molar-refractivity contribution in [2.75, 3.05) is 0 Å². The van der Waals surface area contributed by atoms with Crippen LogP contribution >= 0.6 is 0 Å². The van der Waals surface area contributed by atoms with Crippen molar-refractivity contribution in [3.05, 3.63) is 199 Å². The summed E-state index contributed by atoms with van der Waals surface area (Å²) in [4.78, 5) is 14.7. The van der Waals surface area contributed by atoms with E-state index in [1.807, 2.05) is 30.3 Å². The Morgan fingerprint density at radius 1 is 0.397 bits per heavy atom. The predicted molar refractivity (Wildman–Crippen MR) is 240 cm³/mol. The molecule has 58 heavy (non-hydrogen) atoms. The number of benzene rings is 9. The fourth-order valence-electron chi connectivity index (χ4n) is 9.10. The minimum Gasteiger partial charge on any atom is -0.309 e. The van der Waals surface area contributed by atoms with Gasteiger partial charge < -0.3 is 4.57 Å². The second-order valence-electron chi connectivity index (χ2n) is 14.8. The molecular weight excluding hydrogens is 707 g/mol. The van der Waals surface area contributed by atoms with E-state index in [0.717, 1.165) is 82.4 Å². The zero-order valence-electron chi connectivity index (χ0n) is 31.1. The van der Waals surface area contributed by atoms with Crippen LogP contribution in [-0.2, 0) is 0 Å². The lowest BCUT2D eigenvalue weighted by atomic mass is 10.0. The van der Waals surface area contributed by atoms with E-state index in [1.165, 1.54) is 21.8 Å². The summed E-state index contributed by atoms with van der Waals surface area (Å²) in [6, 6.07) is 66.3. The highest BCUT2D eigenvalue weighted by atomic mass is 15.1. The third-order valence-electron chi connectivity index (χ3n) is 11.7. The van der Waals surface area contributed by atoms with Gasteiger partial charge in [0.05, 0.1) is 34.2 Å². The number of nitrogens with zero attached hydrogens (tertiary/aromatic N) is 5. The average molecular weight is 738 g/mol.